The second-order valence-corrected chi connectivity index (χ2v) is 4.70. The fraction of sp³-hybridized carbons (Fsp3) is 0.429. The number of aryl methyl sites for hydroxylation is 1. The zero-order valence-corrected chi connectivity index (χ0v) is 10.9. The summed E-state index contributed by atoms with van der Waals surface area (Å²) in [6.45, 7) is 5.94. The van der Waals surface area contributed by atoms with Crippen LogP contribution in [-0.2, 0) is 9.53 Å². The zero-order chi connectivity index (χ0) is 13.7. The van der Waals surface area contributed by atoms with E-state index in [4.69, 9.17) is 4.74 Å². The molecule has 0 fully saturated rings. The van der Waals surface area contributed by atoms with E-state index < -0.39 is 11.8 Å². The zero-order valence-electron chi connectivity index (χ0n) is 10.9. The van der Waals surface area contributed by atoms with E-state index in [9.17, 15) is 14.7 Å². The van der Waals surface area contributed by atoms with Gasteiger partial charge in [-0.15, -0.1) is 0 Å². The average molecular weight is 250 g/mol. The van der Waals surface area contributed by atoms with Gasteiger partial charge in [-0.1, -0.05) is 19.9 Å². The second kappa shape index (κ2) is 6.19. The minimum atomic E-state index is -0.561. The molecule has 0 saturated carbocycles. The summed E-state index contributed by atoms with van der Waals surface area (Å²) in [7, 11) is 0. The Balaban J connectivity index is 2.62. The van der Waals surface area contributed by atoms with Gasteiger partial charge in [0.1, 0.15) is 12.2 Å². The van der Waals surface area contributed by atoms with E-state index in [2.05, 4.69) is 0 Å². The maximum atomic E-state index is 11.8. The quantitative estimate of drug-likeness (QED) is 0.495. The maximum Gasteiger partial charge on any atom is 0.313 e. The van der Waals surface area contributed by atoms with E-state index in [1.54, 1.807) is 6.07 Å². The molecule has 98 valence electrons. The predicted molar refractivity (Wildman–Crippen MR) is 67.6 cm³/mol. The van der Waals surface area contributed by atoms with Crippen molar-refractivity contribution in [3.63, 3.8) is 0 Å². The highest BCUT2D eigenvalue weighted by Crippen LogP contribution is 2.20. The number of ketones is 1. The molecule has 1 rings (SSSR count). The Bertz CT molecular complexity index is 449. The molecule has 0 radical (unpaired) electrons. The molecule has 4 nitrogen and oxygen atoms in total. The molecular formula is C14H18O4. The number of benzene rings is 1. The van der Waals surface area contributed by atoms with Gasteiger partial charge >= 0.3 is 5.97 Å². The lowest BCUT2D eigenvalue weighted by molar-refractivity contribution is -0.143. The number of carbonyl (C=O) groups excluding carboxylic acids is 2. The largest absolute Gasteiger partial charge is 0.507 e. The average Bonchev–Trinajstić information content (AvgIpc) is 2.26. The van der Waals surface area contributed by atoms with Crippen molar-refractivity contribution >= 4 is 11.8 Å². The van der Waals surface area contributed by atoms with Crippen LogP contribution in [0.4, 0.5) is 0 Å². The molecule has 0 aromatic heterocycles. The molecule has 0 aliphatic rings. The van der Waals surface area contributed by atoms with Crippen LogP contribution in [0.15, 0.2) is 18.2 Å². The van der Waals surface area contributed by atoms with Crippen LogP contribution < -0.4 is 0 Å². The first kappa shape index (κ1) is 14.2. The lowest BCUT2D eigenvalue weighted by Gasteiger charge is -2.07. The van der Waals surface area contributed by atoms with Crippen LogP contribution in [0.2, 0.25) is 0 Å². The predicted octanol–water partition coefficient (Wildman–Crippen LogP) is 2.47. The third-order valence-electron chi connectivity index (χ3n) is 2.34. The third-order valence-corrected chi connectivity index (χ3v) is 2.34. The Labute approximate surface area is 107 Å². The molecule has 0 amide bonds. The van der Waals surface area contributed by atoms with Gasteiger partial charge in [-0.3, -0.25) is 9.59 Å². The highest BCUT2D eigenvalue weighted by Gasteiger charge is 2.16. The van der Waals surface area contributed by atoms with Crippen molar-refractivity contribution in [1.82, 2.24) is 0 Å². The minimum Gasteiger partial charge on any atom is -0.507 e. The van der Waals surface area contributed by atoms with E-state index in [1.165, 1.54) is 12.1 Å². The van der Waals surface area contributed by atoms with Crippen LogP contribution in [0.3, 0.4) is 0 Å². The van der Waals surface area contributed by atoms with Gasteiger partial charge in [0.15, 0.2) is 5.78 Å². The molecule has 0 heterocycles. The second-order valence-electron chi connectivity index (χ2n) is 4.70. The SMILES string of the molecule is Cc1ccc(C(=O)CC(=O)OCC(C)C)c(O)c1. The van der Waals surface area contributed by atoms with Crippen molar-refractivity contribution in [2.75, 3.05) is 6.61 Å². The molecule has 0 bridgehead atoms. The molecule has 0 spiro atoms. The number of Topliss-reactive ketones (excluding diaryl/α,β-unsaturated/α-hetero) is 1. The number of phenolic OH excluding ortho intramolecular Hbond substituents is 1. The standard InChI is InChI=1S/C14H18O4/c1-9(2)8-18-14(17)7-13(16)11-5-4-10(3)6-12(11)15/h4-6,9,15H,7-8H2,1-3H3. The highest BCUT2D eigenvalue weighted by molar-refractivity contribution is 6.07. The van der Waals surface area contributed by atoms with Crippen molar-refractivity contribution in [3.8, 4) is 5.75 Å². The molecule has 1 N–H and O–H groups in total. The molecule has 0 atom stereocenters. The first-order chi connectivity index (χ1) is 8.40. The highest BCUT2D eigenvalue weighted by atomic mass is 16.5. The topological polar surface area (TPSA) is 63.6 Å². The van der Waals surface area contributed by atoms with Gasteiger partial charge in [-0.2, -0.15) is 0 Å². The van der Waals surface area contributed by atoms with Gasteiger partial charge in [0.25, 0.3) is 0 Å². The monoisotopic (exact) mass is 250 g/mol. The number of hydrogen-bond donors (Lipinski definition) is 1. The molecule has 1 aromatic rings. The molecular weight excluding hydrogens is 232 g/mol. The van der Waals surface area contributed by atoms with E-state index in [0.717, 1.165) is 5.56 Å². The molecule has 4 heteroatoms. The van der Waals surface area contributed by atoms with Crippen molar-refractivity contribution in [3.05, 3.63) is 29.3 Å². The molecule has 18 heavy (non-hydrogen) atoms. The van der Waals surface area contributed by atoms with E-state index in [-0.39, 0.29) is 23.7 Å². The van der Waals surface area contributed by atoms with Gasteiger partial charge < -0.3 is 9.84 Å². The first-order valence-corrected chi connectivity index (χ1v) is 5.88. The van der Waals surface area contributed by atoms with Crippen LogP contribution >= 0.6 is 0 Å². The number of phenols is 1. The van der Waals surface area contributed by atoms with Crippen LogP contribution in [0.5, 0.6) is 5.75 Å². The van der Waals surface area contributed by atoms with Gasteiger partial charge in [0, 0.05) is 0 Å². The first-order valence-electron chi connectivity index (χ1n) is 5.88. The Morgan fingerprint density at radius 2 is 2.00 bits per heavy atom. The summed E-state index contributed by atoms with van der Waals surface area (Å²) < 4.78 is 4.92. The summed E-state index contributed by atoms with van der Waals surface area (Å²) in [6.07, 6.45) is -0.344. The van der Waals surface area contributed by atoms with Crippen molar-refractivity contribution in [2.24, 2.45) is 5.92 Å². The lowest BCUT2D eigenvalue weighted by Crippen LogP contribution is -2.14. The number of esters is 1. The summed E-state index contributed by atoms with van der Waals surface area (Å²) in [5.74, 6) is -0.858. The summed E-state index contributed by atoms with van der Waals surface area (Å²) in [5.41, 5.74) is 1.01. The number of ether oxygens (including phenoxy) is 1. The molecule has 0 saturated heterocycles. The maximum absolute atomic E-state index is 11.8. The summed E-state index contributed by atoms with van der Waals surface area (Å²) in [4.78, 5) is 23.2. The fourth-order valence-electron chi connectivity index (χ4n) is 1.41. The molecule has 0 aliphatic heterocycles. The van der Waals surface area contributed by atoms with E-state index in [1.807, 2.05) is 20.8 Å². The number of rotatable bonds is 5. The fourth-order valence-corrected chi connectivity index (χ4v) is 1.41. The summed E-state index contributed by atoms with van der Waals surface area (Å²) >= 11 is 0. The van der Waals surface area contributed by atoms with Crippen molar-refractivity contribution < 1.29 is 19.4 Å². The third kappa shape index (κ3) is 4.20. The minimum absolute atomic E-state index is 0.100. The van der Waals surface area contributed by atoms with E-state index in [0.29, 0.717) is 6.61 Å². The Morgan fingerprint density at radius 3 is 2.56 bits per heavy atom. The van der Waals surface area contributed by atoms with Gasteiger partial charge in [-0.05, 0) is 30.5 Å². The molecule has 1 aromatic carbocycles. The van der Waals surface area contributed by atoms with Crippen molar-refractivity contribution in [1.29, 1.82) is 0 Å². The normalized spacial score (nSPS) is 10.4. The Morgan fingerprint density at radius 1 is 1.33 bits per heavy atom. The number of hydrogen-bond acceptors (Lipinski definition) is 4. The Kier molecular flexibility index (Phi) is 4.89. The van der Waals surface area contributed by atoms with Crippen LogP contribution in [0.25, 0.3) is 0 Å². The van der Waals surface area contributed by atoms with Crippen LogP contribution in [0, 0.1) is 12.8 Å². The van der Waals surface area contributed by atoms with Gasteiger partial charge in [-0.25, -0.2) is 0 Å². The number of carbonyl (C=O) groups is 2. The van der Waals surface area contributed by atoms with E-state index >= 15 is 0 Å². The van der Waals surface area contributed by atoms with Crippen molar-refractivity contribution in [2.45, 2.75) is 27.2 Å². The Hall–Kier alpha value is -1.84. The van der Waals surface area contributed by atoms with Crippen LogP contribution in [0.1, 0.15) is 36.2 Å². The molecule has 0 unspecified atom stereocenters. The molecule has 0 aliphatic carbocycles. The summed E-state index contributed by atoms with van der Waals surface area (Å²) in [5, 5.41) is 9.62. The lowest BCUT2D eigenvalue weighted by atomic mass is 10.1. The van der Waals surface area contributed by atoms with Crippen LogP contribution in [-0.4, -0.2) is 23.5 Å². The smallest absolute Gasteiger partial charge is 0.313 e. The van der Waals surface area contributed by atoms with Gasteiger partial charge in [0.05, 0.1) is 12.2 Å². The summed E-state index contributed by atoms with van der Waals surface area (Å²) in [6, 6.07) is 4.72. The van der Waals surface area contributed by atoms with Gasteiger partial charge in [0.2, 0.25) is 0 Å². The number of aromatic hydroxyl groups is 1.